The van der Waals surface area contributed by atoms with Crippen molar-refractivity contribution in [3.8, 4) is 0 Å². The lowest BCUT2D eigenvalue weighted by molar-refractivity contribution is 0.162. The van der Waals surface area contributed by atoms with Gasteiger partial charge < -0.3 is 37.9 Å². The second kappa shape index (κ2) is 17.9. The van der Waals surface area contributed by atoms with Gasteiger partial charge in [0.2, 0.25) is 0 Å². The lowest BCUT2D eigenvalue weighted by Gasteiger charge is -1.86. The first-order chi connectivity index (χ1) is 4.41. The average Bonchev–Trinajstić information content (AvgIpc) is 1.63. The average molecular weight is 223 g/mol. The summed E-state index contributed by atoms with van der Waals surface area (Å²) >= 11 is 0. The third-order valence-corrected chi connectivity index (χ3v) is 0.408. The van der Waals surface area contributed by atoms with Crippen molar-refractivity contribution in [1.29, 1.82) is 0 Å². The van der Waals surface area contributed by atoms with E-state index >= 15 is 0 Å². The molecule has 0 amide bonds. The fourth-order valence-corrected chi connectivity index (χ4v) is 0.204. The lowest BCUT2D eigenvalue weighted by Crippen LogP contribution is -1.84. The number of ether oxygens (including phenoxy) is 1. The highest BCUT2D eigenvalue weighted by Gasteiger charge is 2.00. The molecule has 12 N–H and O–H groups in total. The van der Waals surface area contributed by atoms with Crippen LogP contribution in [-0.4, -0.2) is 27.9 Å². The van der Waals surface area contributed by atoms with Crippen molar-refractivity contribution in [2.75, 3.05) is 13.2 Å². The Hall–Kier alpha value is -0.0500. The van der Waals surface area contributed by atoms with Gasteiger partial charge in [-0.3, -0.25) is 0 Å². The Morgan fingerprint density at radius 3 is 1.15 bits per heavy atom. The quantitative estimate of drug-likeness (QED) is 0.366. The third-order valence-electron chi connectivity index (χ3n) is 0.408. The third kappa shape index (κ3) is 311. The number of phosphoric acid groups is 1. The molecule has 0 saturated carbocycles. The Kier molecular flexibility index (Phi) is 40.3. The molecule has 0 aliphatic heterocycles. The first-order valence-electron chi connectivity index (χ1n) is 2.77. The molecule has 0 aromatic rings. The number of hydrogen-bond donors (Lipinski definition) is 6. The maximum atomic E-state index is 8.88. The van der Waals surface area contributed by atoms with E-state index in [9.17, 15) is 0 Å². The van der Waals surface area contributed by atoms with Crippen molar-refractivity contribution in [3.05, 3.63) is 0 Å². The molecule has 0 bridgehead atoms. The Bertz CT molecular complexity index is 97.7. The Labute approximate surface area is 78.3 Å². The molecule has 13 heavy (non-hydrogen) atoms. The van der Waals surface area contributed by atoms with Crippen LogP contribution in [0.4, 0.5) is 0 Å². The van der Waals surface area contributed by atoms with Gasteiger partial charge in [-0.15, -0.1) is 0 Å². The van der Waals surface area contributed by atoms with Crippen molar-refractivity contribution in [1.82, 2.24) is 18.5 Å². The minimum Gasteiger partial charge on any atom is -0.382 e. The summed E-state index contributed by atoms with van der Waals surface area (Å²) in [7, 11) is -4.64. The van der Waals surface area contributed by atoms with E-state index in [0.29, 0.717) is 0 Å². The molecule has 0 spiro atoms. The van der Waals surface area contributed by atoms with Crippen LogP contribution in [0.15, 0.2) is 0 Å². The van der Waals surface area contributed by atoms with Crippen molar-refractivity contribution >= 4 is 7.82 Å². The van der Waals surface area contributed by atoms with Gasteiger partial charge in [0.25, 0.3) is 0 Å². The number of hydrogen-bond acceptors (Lipinski definition) is 5. The molecule has 88 valence electrons. The van der Waals surface area contributed by atoms with Crippen molar-refractivity contribution in [3.63, 3.8) is 0 Å². The molecule has 0 rings (SSSR count). The van der Waals surface area contributed by atoms with E-state index < -0.39 is 7.82 Å². The van der Waals surface area contributed by atoms with Gasteiger partial charge in [-0.05, 0) is 13.8 Å². The summed E-state index contributed by atoms with van der Waals surface area (Å²) in [5.74, 6) is 0. The van der Waals surface area contributed by atoms with Crippen LogP contribution in [0.5, 0.6) is 0 Å². The molecule has 0 aromatic carbocycles. The van der Waals surface area contributed by atoms with Crippen LogP contribution in [0.2, 0.25) is 0 Å². The van der Waals surface area contributed by atoms with E-state index in [1.807, 2.05) is 13.8 Å². The Balaban J connectivity index is -0.0000000267. The van der Waals surface area contributed by atoms with E-state index in [2.05, 4.69) is 0 Å². The highest BCUT2D eigenvalue weighted by molar-refractivity contribution is 7.45. The minimum absolute atomic E-state index is 0. The topological polar surface area (TPSA) is 192 Å². The van der Waals surface area contributed by atoms with Gasteiger partial charge in [0, 0.05) is 13.2 Å². The molecule has 0 heterocycles. The SMILES string of the molecule is CCOCC.N.N.N.O=P(O)(O)O. The van der Waals surface area contributed by atoms with Gasteiger partial charge in [-0.2, -0.15) is 0 Å². The highest BCUT2D eigenvalue weighted by Crippen LogP contribution is 2.25. The zero-order valence-electron chi connectivity index (χ0n) is 8.14. The molecular weight excluding hydrogens is 201 g/mol. The smallest absolute Gasteiger partial charge is 0.382 e. The monoisotopic (exact) mass is 223 g/mol. The molecule has 0 unspecified atom stereocenters. The van der Waals surface area contributed by atoms with Crippen LogP contribution in [0.3, 0.4) is 0 Å². The molecule has 0 aliphatic carbocycles. The van der Waals surface area contributed by atoms with Gasteiger partial charge in [0.1, 0.15) is 0 Å². The molecular formula is C4H22N3O5P. The van der Waals surface area contributed by atoms with Crippen LogP contribution in [0.25, 0.3) is 0 Å². The molecule has 0 fully saturated rings. The lowest BCUT2D eigenvalue weighted by atomic mass is 10.8. The maximum absolute atomic E-state index is 8.88. The summed E-state index contributed by atoms with van der Waals surface area (Å²) in [5.41, 5.74) is 0. The fraction of sp³-hybridized carbons (Fsp3) is 1.00. The molecule has 0 radical (unpaired) electrons. The summed E-state index contributed by atoms with van der Waals surface area (Å²) in [6, 6.07) is 0. The van der Waals surface area contributed by atoms with Crippen LogP contribution in [0.1, 0.15) is 13.8 Å². The predicted molar refractivity (Wildman–Crippen MR) is 51.5 cm³/mol. The van der Waals surface area contributed by atoms with E-state index in [4.69, 9.17) is 24.0 Å². The van der Waals surface area contributed by atoms with Gasteiger partial charge in [-0.1, -0.05) is 0 Å². The summed E-state index contributed by atoms with van der Waals surface area (Å²) in [6.07, 6.45) is 0. The predicted octanol–water partition coefficient (Wildman–Crippen LogP) is 0.600. The van der Waals surface area contributed by atoms with Crippen LogP contribution >= 0.6 is 7.82 Å². The molecule has 0 aliphatic rings. The van der Waals surface area contributed by atoms with E-state index in [0.717, 1.165) is 13.2 Å². The van der Waals surface area contributed by atoms with Crippen LogP contribution in [-0.2, 0) is 9.30 Å². The van der Waals surface area contributed by atoms with E-state index in [1.54, 1.807) is 0 Å². The summed E-state index contributed by atoms with van der Waals surface area (Å²) in [6.45, 7) is 5.67. The van der Waals surface area contributed by atoms with Crippen LogP contribution < -0.4 is 18.5 Å². The minimum atomic E-state index is -4.64. The second-order valence-corrected chi connectivity index (χ2v) is 2.32. The first kappa shape index (κ1) is 29.3. The van der Waals surface area contributed by atoms with Gasteiger partial charge in [0.05, 0.1) is 0 Å². The van der Waals surface area contributed by atoms with Gasteiger partial charge in [0.15, 0.2) is 0 Å². The fourth-order valence-electron chi connectivity index (χ4n) is 0.204. The van der Waals surface area contributed by atoms with Crippen LogP contribution in [0, 0.1) is 0 Å². The zero-order chi connectivity index (χ0) is 8.62. The van der Waals surface area contributed by atoms with E-state index in [1.165, 1.54) is 0 Å². The maximum Gasteiger partial charge on any atom is 0.466 e. The Morgan fingerprint density at radius 2 is 1.15 bits per heavy atom. The summed E-state index contributed by atoms with van der Waals surface area (Å²) in [4.78, 5) is 21.6. The summed E-state index contributed by atoms with van der Waals surface area (Å²) in [5, 5.41) is 0. The van der Waals surface area contributed by atoms with Crippen molar-refractivity contribution < 1.29 is 24.0 Å². The second-order valence-electron chi connectivity index (χ2n) is 1.29. The van der Waals surface area contributed by atoms with Gasteiger partial charge in [-0.25, -0.2) is 4.57 Å². The van der Waals surface area contributed by atoms with Gasteiger partial charge >= 0.3 is 7.82 Å². The van der Waals surface area contributed by atoms with E-state index in [-0.39, 0.29) is 18.5 Å². The molecule has 0 atom stereocenters. The van der Waals surface area contributed by atoms with Crippen molar-refractivity contribution in [2.24, 2.45) is 0 Å². The molecule has 8 nitrogen and oxygen atoms in total. The number of rotatable bonds is 2. The molecule has 9 heteroatoms. The normalized spacial score (nSPS) is 7.77. The standard InChI is InChI=1S/C4H10O.3H3N.H3O4P/c1-3-5-4-2;;;;1-5(2,3)4/h3-4H2,1-2H3;3*1H3;(H3,1,2,3,4). The highest BCUT2D eigenvalue weighted by atomic mass is 31.2. The molecule has 0 saturated heterocycles. The zero-order valence-corrected chi connectivity index (χ0v) is 9.04. The largest absolute Gasteiger partial charge is 0.466 e. The van der Waals surface area contributed by atoms with Crippen molar-refractivity contribution in [2.45, 2.75) is 13.8 Å². The molecule has 0 aromatic heterocycles. The summed E-state index contributed by atoms with van der Waals surface area (Å²) < 4.78 is 13.7. The first-order valence-corrected chi connectivity index (χ1v) is 4.34. The Morgan fingerprint density at radius 1 is 1.00 bits per heavy atom.